The van der Waals surface area contributed by atoms with E-state index in [1.54, 1.807) is 27.0 Å². The van der Waals surface area contributed by atoms with Crippen molar-refractivity contribution < 1.29 is 17.6 Å². The van der Waals surface area contributed by atoms with Crippen molar-refractivity contribution in [3.05, 3.63) is 52.7 Å². The minimum atomic E-state index is -4.42. The van der Waals surface area contributed by atoms with E-state index in [1.807, 2.05) is 0 Å². The van der Waals surface area contributed by atoms with Crippen molar-refractivity contribution in [3.63, 3.8) is 0 Å². The minimum absolute atomic E-state index is 0.0893. The zero-order valence-electron chi connectivity index (χ0n) is 11.4. The normalized spacial score (nSPS) is 13.5. The van der Waals surface area contributed by atoms with Crippen LogP contribution in [0, 0.1) is 13.8 Å². The molecule has 0 aromatic carbocycles. The number of halogens is 3. The molecule has 2 heterocycles. The first-order valence-electron chi connectivity index (χ1n) is 6.10. The number of furan rings is 1. The van der Waals surface area contributed by atoms with Crippen molar-refractivity contribution in [2.75, 3.05) is 7.05 Å². The molecule has 0 saturated carbocycles. The molecule has 6 heteroatoms. The predicted molar refractivity (Wildman–Crippen MR) is 68.3 cm³/mol. The van der Waals surface area contributed by atoms with Crippen molar-refractivity contribution in [1.82, 2.24) is 10.3 Å². The molecule has 0 aliphatic carbocycles. The summed E-state index contributed by atoms with van der Waals surface area (Å²) < 4.78 is 44.7. The van der Waals surface area contributed by atoms with E-state index in [4.69, 9.17) is 4.42 Å². The lowest BCUT2D eigenvalue weighted by Crippen LogP contribution is -2.22. The molecule has 2 aromatic heterocycles. The number of rotatable bonds is 3. The van der Waals surface area contributed by atoms with Gasteiger partial charge in [0, 0.05) is 23.5 Å². The molecular formula is C14H15F3N2O. The largest absolute Gasteiger partial charge is 0.466 e. The molecule has 0 radical (unpaired) electrons. The average Bonchev–Trinajstić information content (AvgIpc) is 2.69. The molecule has 2 aromatic rings. The third-order valence-electron chi connectivity index (χ3n) is 3.15. The van der Waals surface area contributed by atoms with Crippen molar-refractivity contribution in [2.45, 2.75) is 26.1 Å². The number of aryl methyl sites for hydroxylation is 2. The van der Waals surface area contributed by atoms with Crippen LogP contribution in [-0.2, 0) is 6.18 Å². The summed E-state index contributed by atoms with van der Waals surface area (Å²) in [6.45, 7) is 3.49. The molecule has 0 amide bonds. The van der Waals surface area contributed by atoms with Crippen molar-refractivity contribution in [1.29, 1.82) is 0 Å². The van der Waals surface area contributed by atoms with Gasteiger partial charge in [0.15, 0.2) is 0 Å². The lowest BCUT2D eigenvalue weighted by Gasteiger charge is -2.20. The van der Waals surface area contributed by atoms with E-state index in [0.717, 1.165) is 12.3 Å². The van der Waals surface area contributed by atoms with Crippen LogP contribution >= 0.6 is 0 Å². The number of nitrogens with zero attached hydrogens (tertiary/aromatic N) is 1. The van der Waals surface area contributed by atoms with E-state index in [-0.39, 0.29) is 5.56 Å². The van der Waals surface area contributed by atoms with Gasteiger partial charge in [-0.3, -0.25) is 4.98 Å². The van der Waals surface area contributed by atoms with Crippen LogP contribution in [0.3, 0.4) is 0 Å². The standard InChI is InChI=1S/C14H15F3N2O/c1-8-6-10(9(2)20-8)13(18-3)11-7-19-5-4-12(11)14(15,16)17/h4-7,13,18H,1-3H3. The van der Waals surface area contributed by atoms with E-state index in [9.17, 15) is 13.2 Å². The quantitative estimate of drug-likeness (QED) is 0.935. The molecule has 0 aliphatic heterocycles. The first-order valence-corrected chi connectivity index (χ1v) is 6.10. The van der Waals surface area contributed by atoms with Gasteiger partial charge in [-0.1, -0.05) is 0 Å². The maximum atomic E-state index is 13.1. The number of pyridine rings is 1. The molecule has 0 saturated heterocycles. The van der Waals surface area contributed by atoms with Crippen LogP contribution in [0.5, 0.6) is 0 Å². The highest BCUT2D eigenvalue weighted by molar-refractivity contribution is 5.38. The monoisotopic (exact) mass is 284 g/mol. The van der Waals surface area contributed by atoms with Crippen molar-refractivity contribution >= 4 is 0 Å². The van der Waals surface area contributed by atoms with Crippen LogP contribution in [0.4, 0.5) is 13.2 Å². The van der Waals surface area contributed by atoms with E-state index < -0.39 is 17.8 Å². The molecule has 3 nitrogen and oxygen atoms in total. The van der Waals surface area contributed by atoms with Gasteiger partial charge in [-0.2, -0.15) is 13.2 Å². The number of hydrogen-bond donors (Lipinski definition) is 1. The van der Waals surface area contributed by atoms with E-state index in [1.165, 1.54) is 6.20 Å². The Hall–Kier alpha value is -1.82. The highest BCUT2D eigenvalue weighted by Crippen LogP contribution is 2.37. The van der Waals surface area contributed by atoms with Gasteiger partial charge in [-0.25, -0.2) is 0 Å². The molecule has 20 heavy (non-hydrogen) atoms. The van der Waals surface area contributed by atoms with Crippen LogP contribution in [0.2, 0.25) is 0 Å². The lowest BCUT2D eigenvalue weighted by molar-refractivity contribution is -0.138. The molecule has 0 spiro atoms. The van der Waals surface area contributed by atoms with E-state index >= 15 is 0 Å². The van der Waals surface area contributed by atoms with E-state index in [0.29, 0.717) is 17.1 Å². The zero-order chi connectivity index (χ0) is 14.9. The van der Waals surface area contributed by atoms with Gasteiger partial charge < -0.3 is 9.73 Å². The Bertz CT molecular complexity index is 605. The van der Waals surface area contributed by atoms with E-state index in [2.05, 4.69) is 10.3 Å². The molecule has 0 fully saturated rings. The van der Waals surface area contributed by atoms with Crippen LogP contribution in [0.15, 0.2) is 28.9 Å². The summed E-state index contributed by atoms with van der Waals surface area (Å²) in [5.74, 6) is 1.26. The zero-order valence-corrected chi connectivity index (χ0v) is 11.4. The van der Waals surface area contributed by atoms with Gasteiger partial charge in [0.25, 0.3) is 0 Å². The Morgan fingerprint density at radius 2 is 1.95 bits per heavy atom. The lowest BCUT2D eigenvalue weighted by atomic mass is 9.96. The minimum Gasteiger partial charge on any atom is -0.466 e. The summed E-state index contributed by atoms with van der Waals surface area (Å²) in [7, 11) is 1.61. The van der Waals surface area contributed by atoms with Gasteiger partial charge in [0.05, 0.1) is 11.6 Å². The summed E-state index contributed by atoms with van der Waals surface area (Å²) in [4.78, 5) is 3.82. The molecular weight excluding hydrogens is 269 g/mol. The molecule has 1 N–H and O–H groups in total. The van der Waals surface area contributed by atoms with Crippen LogP contribution < -0.4 is 5.32 Å². The van der Waals surface area contributed by atoms with Crippen LogP contribution in [0.25, 0.3) is 0 Å². The maximum absolute atomic E-state index is 13.1. The first-order chi connectivity index (χ1) is 9.34. The van der Waals surface area contributed by atoms with Crippen LogP contribution in [0.1, 0.15) is 34.3 Å². The summed E-state index contributed by atoms with van der Waals surface area (Å²) in [5.41, 5.74) is 0.0833. The Morgan fingerprint density at radius 3 is 2.45 bits per heavy atom. The number of nitrogens with one attached hydrogen (secondary N) is 1. The molecule has 2 rings (SSSR count). The Kier molecular flexibility index (Phi) is 3.85. The maximum Gasteiger partial charge on any atom is 0.416 e. The topological polar surface area (TPSA) is 38.1 Å². The highest BCUT2D eigenvalue weighted by atomic mass is 19.4. The molecule has 1 unspecified atom stereocenters. The van der Waals surface area contributed by atoms with Gasteiger partial charge in [0.1, 0.15) is 11.5 Å². The van der Waals surface area contributed by atoms with Gasteiger partial charge >= 0.3 is 6.18 Å². The number of aromatic nitrogens is 1. The summed E-state index contributed by atoms with van der Waals surface area (Å²) >= 11 is 0. The number of alkyl halides is 3. The van der Waals surface area contributed by atoms with Gasteiger partial charge in [-0.15, -0.1) is 0 Å². The molecule has 1 atom stereocenters. The third kappa shape index (κ3) is 2.70. The highest BCUT2D eigenvalue weighted by Gasteiger charge is 2.36. The first kappa shape index (κ1) is 14.6. The van der Waals surface area contributed by atoms with Gasteiger partial charge in [0.2, 0.25) is 0 Å². The number of hydrogen-bond acceptors (Lipinski definition) is 3. The third-order valence-corrected chi connectivity index (χ3v) is 3.15. The van der Waals surface area contributed by atoms with Crippen molar-refractivity contribution in [3.8, 4) is 0 Å². The second-order valence-corrected chi connectivity index (χ2v) is 4.55. The van der Waals surface area contributed by atoms with Crippen molar-refractivity contribution in [2.24, 2.45) is 0 Å². The Morgan fingerprint density at radius 1 is 1.25 bits per heavy atom. The smallest absolute Gasteiger partial charge is 0.416 e. The predicted octanol–water partition coefficient (Wildman–Crippen LogP) is 3.62. The summed E-state index contributed by atoms with van der Waals surface area (Å²) in [6.07, 6.45) is -2.03. The molecule has 0 aliphatic rings. The summed E-state index contributed by atoms with van der Waals surface area (Å²) in [6, 6.07) is 2.11. The molecule has 0 bridgehead atoms. The SMILES string of the molecule is CNC(c1cnccc1C(F)(F)F)c1cc(C)oc1C. The molecule has 108 valence electrons. The van der Waals surface area contributed by atoms with Gasteiger partial charge in [-0.05, 0) is 33.0 Å². The summed E-state index contributed by atoms with van der Waals surface area (Å²) in [5, 5.41) is 2.90. The Balaban J connectivity index is 2.56. The second kappa shape index (κ2) is 5.28. The second-order valence-electron chi connectivity index (χ2n) is 4.55. The Labute approximate surface area is 114 Å². The average molecular weight is 284 g/mol. The fraction of sp³-hybridized carbons (Fsp3) is 0.357. The fourth-order valence-corrected chi connectivity index (χ4v) is 2.31. The van der Waals surface area contributed by atoms with Crippen LogP contribution in [-0.4, -0.2) is 12.0 Å². The fourth-order valence-electron chi connectivity index (χ4n) is 2.31.